The van der Waals surface area contributed by atoms with Crippen molar-refractivity contribution in [3.05, 3.63) is 71.1 Å². The number of carbonyl (C=O) groups excluding carboxylic acids is 1. The quantitative estimate of drug-likeness (QED) is 0.569. The number of rotatable bonds is 5. The van der Waals surface area contributed by atoms with Crippen molar-refractivity contribution >= 4 is 17.7 Å². The highest BCUT2D eigenvalue weighted by atomic mass is 35.5. The number of ether oxygens (including phenoxy) is 1. The summed E-state index contributed by atoms with van der Waals surface area (Å²) in [5, 5.41) is 6.34. The smallest absolute Gasteiger partial charge is 0.406 e. The predicted molar refractivity (Wildman–Crippen MR) is 111 cm³/mol. The van der Waals surface area contributed by atoms with E-state index in [2.05, 4.69) is 20.3 Å². The van der Waals surface area contributed by atoms with Gasteiger partial charge in [-0.25, -0.2) is 14.5 Å². The molecule has 1 N–H and O–H groups in total. The molecule has 3 aromatic rings. The lowest BCUT2D eigenvalue weighted by molar-refractivity contribution is -0.143. The molecule has 1 aliphatic heterocycles. The van der Waals surface area contributed by atoms with Gasteiger partial charge in [0.2, 0.25) is 0 Å². The molecule has 1 fully saturated rings. The Bertz CT molecular complexity index is 1090. The van der Waals surface area contributed by atoms with Gasteiger partial charge in [-0.15, -0.1) is 0 Å². The van der Waals surface area contributed by atoms with Crippen LogP contribution in [0.4, 0.5) is 18.0 Å². The SMILES string of the molecule is O=C(NC1CCN(Cc2ccccc2)C1)Oc1cnn(-c2cccc(Cl)n2)c1C(F)(F)F. The molecule has 1 saturated heterocycles. The van der Waals surface area contributed by atoms with Crippen molar-refractivity contribution in [1.82, 2.24) is 25.0 Å². The summed E-state index contributed by atoms with van der Waals surface area (Å²) in [6.45, 7) is 2.06. The predicted octanol–water partition coefficient (Wildman–Crippen LogP) is 4.30. The van der Waals surface area contributed by atoms with Crippen molar-refractivity contribution in [2.75, 3.05) is 13.1 Å². The van der Waals surface area contributed by atoms with Crippen LogP contribution in [0, 0.1) is 0 Å². The fourth-order valence-corrected chi connectivity index (χ4v) is 3.75. The van der Waals surface area contributed by atoms with Crippen molar-refractivity contribution < 1.29 is 22.7 Å². The second-order valence-corrected chi connectivity index (χ2v) is 7.71. The molecule has 0 saturated carbocycles. The Hall–Kier alpha value is -3.11. The van der Waals surface area contributed by atoms with Crippen LogP contribution in [0.15, 0.2) is 54.7 Å². The lowest BCUT2D eigenvalue weighted by Crippen LogP contribution is -2.38. The molecule has 11 heteroatoms. The van der Waals surface area contributed by atoms with Crippen molar-refractivity contribution in [1.29, 1.82) is 0 Å². The molecule has 0 radical (unpaired) electrons. The maximum Gasteiger partial charge on any atom is 0.437 e. The van der Waals surface area contributed by atoms with Crippen molar-refractivity contribution in [3.8, 4) is 11.6 Å². The molecular weight excluding hydrogens is 447 g/mol. The molecule has 32 heavy (non-hydrogen) atoms. The summed E-state index contributed by atoms with van der Waals surface area (Å²) in [5.41, 5.74) is -0.105. The van der Waals surface area contributed by atoms with Crippen LogP contribution in [0.5, 0.6) is 5.75 Å². The Kier molecular flexibility index (Phi) is 6.33. The zero-order chi connectivity index (χ0) is 22.7. The first-order valence-corrected chi connectivity index (χ1v) is 10.2. The number of hydrogen-bond donors (Lipinski definition) is 1. The summed E-state index contributed by atoms with van der Waals surface area (Å²) >= 11 is 5.78. The largest absolute Gasteiger partial charge is 0.437 e. The minimum Gasteiger partial charge on any atom is -0.406 e. The van der Waals surface area contributed by atoms with Crippen LogP contribution in [0.1, 0.15) is 17.7 Å². The maximum atomic E-state index is 13.7. The van der Waals surface area contributed by atoms with E-state index in [1.165, 1.54) is 18.2 Å². The van der Waals surface area contributed by atoms with E-state index in [9.17, 15) is 18.0 Å². The second-order valence-electron chi connectivity index (χ2n) is 7.33. The van der Waals surface area contributed by atoms with E-state index in [0.717, 1.165) is 24.8 Å². The van der Waals surface area contributed by atoms with Gasteiger partial charge < -0.3 is 10.1 Å². The van der Waals surface area contributed by atoms with E-state index in [1.54, 1.807) is 0 Å². The molecule has 0 spiro atoms. The third kappa shape index (κ3) is 5.20. The summed E-state index contributed by atoms with van der Waals surface area (Å²) < 4.78 is 46.6. The first-order chi connectivity index (χ1) is 15.3. The van der Waals surface area contributed by atoms with Gasteiger partial charge >= 0.3 is 12.3 Å². The molecule has 1 unspecified atom stereocenters. The molecule has 2 aromatic heterocycles. The number of aromatic nitrogens is 3. The molecule has 168 valence electrons. The summed E-state index contributed by atoms with van der Waals surface area (Å²) in [4.78, 5) is 18.3. The average Bonchev–Trinajstić information content (AvgIpc) is 3.35. The molecule has 1 atom stereocenters. The molecule has 7 nitrogen and oxygen atoms in total. The van der Waals surface area contributed by atoms with Gasteiger partial charge in [0.15, 0.2) is 17.3 Å². The van der Waals surface area contributed by atoms with Crippen LogP contribution < -0.4 is 10.1 Å². The van der Waals surface area contributed by atoms with E-state index < -0.39 is 23.7 Å². The molecule has 1 aliphatic rings. The number of halogens is 4. The van der Waals surface area contributed by atoms with Gasteiger partial charge in [-0.3, -0.25) is 4.90 Å². The fraction of sp³-hybridized carbons (Fsp3) is 0.286. The number of nitrogens with zero attached hydrogens (tertiary/aromatic N) is 4. The van der Waals surface area contributed by atoms with Crippen LogP contribution in [0.25, 0.3) is 5.82 Å². The van der Waals surface area contributed by atoms with E-state index in [1.807, 2.05) is 30.3 Å². The summed E-state index contributed by atoms with van der Waals surface area (Å²) in [6, 6.07) is 13.8. The number of alkyl halides is 3. The summed E-state index contributed by atoms with van der Waals surface area (Å²) in [6.07, 6.45) is -4.31. The normalized spacial score (nSPS) is 16.8. The van der Waals surface area contributed by atoms with Gasteiger partial charge in [0.25, 0.3) is 0 Å². The van der Waals surface area contributed by atoms with Gasteiger partial charge in [-0.2, -0.15) is 18.3 Å². The number of nitrogens with one attached hydrogen (secondary N) is 1. The molecule has 3 heterocycles. The number of carbonyl (C=O) groups is 1. The lowest BCUT2D eigenvalue weighted by atomic mass is 10.2. The van der Waals surface area contributed by atoms with Gasteiger partial charge in [0.1, 0.15) is 5.15 Å². The number of pyridine rings is 1. The van der Waals surface area contributed by atoms with E-state index in [-0.39, 0.29) is 17.0 Å². The molecule has 0 bridgehead atoms. The van der Waals surface area contributed by atoms with Gasteiger partial charge in [0, 0.05) is 25.7 Å². The molecule has 1 aromatic carbocycles. The first-order valence-electron chi connectivity index (χ1n) is 9.82. The minimum atomic E-state index is -4.84. The average molecular weight is 466 g/mol. The van der Waals surface area contributed by atoms with Crippen molar-refractivity contribution in [2.24, 2.45) is 0 Å². The highest BCUT2D eigenvalue weighted by molar-refractivity contribution is 6.29. The number of likely N-dealkylation sites (tertiary alicyclic amines) is 1. The summed E-state index contributed by atoms with van der Waals surface area (Å²) in [5.74, 6) is -0.858. The Morgan fingerprint density at radius 1 is 1.19 bits per heavy atom. The van der Waals surface area contributed by atoms with Crippen molar-refractivity contribution in [3.63, 3.8) is 0 Å². The third-order valence-electron chi connectivity index (χ3n) is 4.97. The standard InChI is InChI=1S/C21H19ClF3N5O2/c22-17-7-4-8-18(28-17)30-19(21(23,24)25)16(11-26-30)32-20(31)27-15-9-10-29(13-15)12-14-5-2-1-3-6-14/h1-8,11,15H,9-10,12-13H2,(H,27,31). The van der Waals surface area contributed by atoms with E-state index in [4.69, 9.17) is 16.3 Å². The minimum absolute atomic E-state index is 0.00706. The monoisotopic (exact) mass is 465 g/mol. The number of benzene rings is 1. The zero-order valence-electron chi connectivity index (χ0n) is 16.7. The lowest BCUT2D eigenvalue weighted by Gasteiger charge is -2.17. The van der Waals surface area contributed by atoms with Crippen LogP contribution in [-0.2, 0) is 12.7 Å². The topological polar surface area (TPSA) is 72.3 Å². The Balaban J connectivity index is 1.42. The molecule has 1 amide bonds. The first kappa shape index (κ1) is 22.1. The highest BCUT2D eigenvalue weighted by Crippen LogP contribution is 2.37. The molecule has 4 rings (SSSR count). The fourth-order valence-electron chi connectivity index (χ4n) is 3.59. The Morgan fingerprint density at radius 2 is 1.97 bits per heavy atom. The Morgan fingerprint density at radius 3 is 2.69 bits per heavy atom. The van der Waals surface area contributed by atoms with E-state index >= 15 is 0 Å². The van der Waals surface area contributed by atoms with Gasteiger partial charge in [-0.1, -0.05) is 48.0 Å². The van der Waals surface area contributed by atoms with Crippen LogP contribution in [0.3, 0.4) is 0 Å². The van der Waals surface area contributed by atoms with Gasteiger partial charge in [0.05, 0.1) is 6.20 Å². The van der Waals surface area contributed by atoms with Crippen LogP contribution in [0.2, 0.25) is 5.15 Å². The van der Waals surface area contributed by atoms with E-state index in [0.29, 0.717) is 17.6 Å². The van der Waals surface area contributed by atoms with Gasteiger partial charge in [-0.05, 0) is 24.1 Å². The van der Waals surface area contributed by atoms with Crippen LogP contribution in [-0.4, -0.2) is 44.9 Å². The highest BCUT2D eigenvalue weighted by Gasteiger charge is 2.41. The Labute approximate surface area is 186 Å². The number of hydrogen-bond acceptors (Lipinski definition) is 5. The maximum absolute atomic E-state index is 13.7. The summed E-state index contributed by atoms with van der Waals surface area (Å²) in [7, 11) is 0. The van der Waals surface area contributed by atoms with Crippen LogP contribution >= 0.6 is 11.6 Å². The second kappa shape index (κ2) is 9.17. The molecular formula is C21H19ClF3N5O2. The molecule has 0 aliphatic carbocycles. The zero-order valence-corrected chi connectivity index (χ0v) is 17.5. The number of amides is 1. The third-order valence-corrected chi connectivity index (χ3v) is 5.18. The van der Waals surface area contributed by atoms with Crippen molar-refractivity contribution in [2.45, 2.75) is 25.2 Å².